The average molecular weight is 350 g/mol. The van der Waals surface area contributed by atoms with Crippen molar-refractivity contribution in [2.24, 2.45) is 5.92 Å². The molecule has 0 bridgehead atoms. The predicted molar refractivity (Wildman–Crippen MR) is 81.6 cm³/mol. The van der Waals surface area contributed by atoms with Crippen LogP contribution in [0.2, 0.25) is 0 Å². The molecular weight excluding hydrogens is 328 g/mol. The fourth-order valence-corrected chi connectivity index (χ4v) is 2.43. The largest absolute Gasteiger partial charge is 0.464 e. The molecule has 1 atom stereocenters. The Morgan fingerprint density at radius 2 is 1.67 bits per heavy atom. The van der Waals surface area contributed by atoms with Crippen LogP contribution in [0.4, 0.5) is 23.2 Å². The predicted octanol–water partition coefficient (Wildman–Crippen LogP) is 3.83. The molecule has 136 valence electrons. The fraction of sp³-hybridized carbons (Fsp3) is 0.625. The summed E-state index contributed by atoms with van der Waals surface area (Å²) >= 11 is 0. The zero-order valence-electron chi connectivity index (χ0n) is 14.2. The number of hydrogen-bond donors (Lipinski definition) is 0. The third kappa shape index (κ3) is 4.58. The Balaban J connectivity index is 3.45. The lowest BCUT2D eigenvalue weighted by Crippen LogP contribution is -2.45. The zero-order valence-corrected chi connectivity index (χ0v) is 14.2. The van der Waals surface area contributed by atoms with Gasteiger partial charge in [0.05, 0.1) is 6.61 Å². The molecule has 1 heterocycles. The molecular formula is C16H22F4N2O2. The molecule has 0 aliphatic carbocycles. The third-order valence-corrected chi connectivity index (χ3v) is 3.36. The normalized spacial score (nSPS) is 12.4. The second kappa shape index (κ2) is 8.84. The Morgan fingerprint density at radius 1 is 1.12 bits per heavy atom. The first kappa shape index (κ1) is 20.2. The Morgan fingerprint density at radius 3 is 2.08 bits per heavy atom. The van der Waals surface area contributed by atoms with Gasteiger partial charge < -0.3 is 9.64 Å². The number of rotatable bonds is 8. The summed E-state index contributed by atoms with van der Waals surface area (Å²) in [6.07, 6.45) is 0.613. The van der Waals surface area contributed by atoms with E-state index in [1.54, 1.807) is 13.8 Å². The molecule has 0 aromatic carbocycles. The molecule has 1 rings (SSSR count). The van der Waals surface area contributed by atoms with Crippen molar-refractivity contribution in [3.8, 4) is 0 Å². The summed E-state index contributed by atoms with van der Waals surface area (Å²) in [6.45, 7) is 7.05. The van der Waals surface area contributed by atoms with Gasteiger partial charge in [0.25, 0.3) is 11.9 Å². The van der Waals surface area contributed by atoms with E-state index in [1.807, 2.05) is 13.8 Å². The van der Waals surface area contributed by atoms with Gasteiger partial charge in [0.2, 0.25) is 11.6 Å². The first-order chi connectivity index (χ1) is 11.2. The van der Waals surface area contributed by atoms with Crippen molar-refractivity contribution in [1.29, 1.82) is 0 Å². The summed E-state index contributed by atoms with van der Waals surface area (Å²) in [5, 5.41) is 0. The van der Waals surface area contributed by atoms with Crippen LogP contribution in [0.15, 0.2) is 0 Å². The molecule has 0 fully saturated rings. The van der Waals surface area contributed by atoms with Crippen LogP contribution in [0.3, 0.4) is 0 Å². The Labute approximate surface area is 138 Å². The summed E-state index contributed by atoms with van der Waals surface area (Å²) in [5.41, 5.74) is -0.930. The van der Waals surface area contributed by atoms with Gasteiger partial charge in [-0.15, -0.1) is 0 Å². The van der Waals surface area contributed by atoms with Gasteiger partial charge in [-0.1, -0.05) is 20.8 Å². The lowest BCUT2D eigenvalue weighted by atomic mass is 10.0. The quantitative estimate of drug-likeness (QED) is 0.406. The lowest BCUT2D eigenvalue weighted by molar-refractivity contribution is -0.145. The van der Waals surface area contributed by atoms with E-state index >= 15 is 0 Å². The number of carbonyl (C=O) groups excluding carboxylic acids is 1. The van der Waals surface area contributed by atoms with Crippen molar-refractivity contribution in [3.05, 3.63) is 23.5 Å². The molecule has 1 unspecified atom stereocenters. The van der Waals surface area contributed by atoms with Gasteiger partial charge in [-0.2, -0.15) is 22.5 Å². The molecule has 8 heteroatoms. The van der Waals surface area contributed by atoms with E-state index < -0.39 is 41.2 Å². The molecule has 0 saturated heterocycles. The topological polar surface area (TPSA) is 42.4 Å². The van der Waals surface area contributed by atoms with Gasteiger partial charge in [0, 0.05) is 6.54 Å². The van der Waals surface area contributed by atoms with Crippen LogP contribution in [-0.4, -0.2) is 30.1 Å². The second-order valence-corrected chi connectivity index (χ2v) is 5.76. The van der Waals surface area contributed by atoms with Gasteiger partial charge in [-0.05, 0) is 25.7 Å². The van der Waals surface area contributed by atoms with Crippen molar-refractivity contribution in [3.63, 3.8) is 0 Å². The number of nitrogens with zero attached hydrogens (tertiary/aromatic N) is 2. The minimum Gasteiger partial charge on any atom is -0.464 e. The van der Waals surface area contributed by atoms with Crippen molar-refractivity contribution in [2.45, 2.75) is 46.6 Å². The number of ether oxygens (including phenoxy) is 1. The fourth-order valence-electron chi connectivity index (χ4n) is 2.43. The Hall–Kier alpha value is -1.86. The van der Waals surface area contributed by atoms with E-state index in [9.17, 15) is 22.4 Å². The highest BCUT2D eigenvalue weighted by atomic mass is 19.2. The maximum Gasteiger partial charge on any atom is 0.328 e. The highest BCUT2D eigenvalue weighted by Gasteiger charge is 2.34. The number of pyridine rings is 1. The van der Waals surface area contributed by atoms with Gasteiger partial charge in [0.1, 0.15) is 11.7 Å². The lowest BCUT2D eigenvalue weighted by Gasteiger charge is -2.33. The van der Waals surface area contributed by atoms with E-state index in [4.69, 9.17) is 4.74 Å². The molecule has 4 nitrogen and oxygen atoms in total. The first-order valence-corrected chi connectivity index (χ1v) is 7.87. The smallest absolute Gasteiger partial charge is 0.328 e. The maximum absolute atomic E-state index is 14.1. The van der Waals surface area contributed by atoms with E-state index in [1.165, 1.54) is 0 Å². The summed E-state index contributed by atoms with van der Waals surface area (Å²) < 4.78 is 60.1. The minimum atomic E-state index is -1.75. The van der Waals surface area contributed by atoms with E-state index in [0.717, 1.165) is 4.90 Å². The molecule has 1 aromatic heterocycles. The van der Waals surface area contributed by atoms with Crippen molar-refractivity contribution in [1.82, 2.24) is 4.98 Å². The van der Waals surface area contributed by atoms with Crippen LogP contribution >= 0.6 is 0 Å². The van der Waals surface area contributed by atoms with Crippen molar-refractivity contribution >= 4 is 11.7 Å². The van der Waals surface area contributed by atoms with Gasteiger partial charge in [-0.3, -0.25) is 0 Å². The Bertz CT molecular complexity index is 555. The molecule has 0 aliphatic heterocycles. The van der Waals surface area contributed by atoms with Crippen LogP contribution in [0.1, 0.15) is 40.5 Å². The number of aromatic nitrogens is 1. The molecule has 0 amide bonds. The minimum absolute atomic E-state index is 0.0126. The SMILES string of the molecule is CCCN(c1c(F)c(F)nc(F)c1F)C(CC(C)C)C(=O)OCC. The summed E-state index contributed by atoms with van der Waals surface area (Å²) in [6, 6.07) is -1.06. The second-order valence-electron chi connectivity index (χ2n) is 5.76. The first-order valence-electron chi connectivity index (χ1n) is 7.87. The van der Waals surface area contributed by atoms with E-state index in [0.29, 0.717) is 6.42 Å². The number of carbonyl (C=O) groups is 1. The monoisotopic (exact) mass is 350 g/mol. The van der Waals surface area contributed by atoms with Gasteiger partial charge >= 0.3 is 5.97 Å². The number of halogens is 4. The Kier molecular flexibility index (Phi) is 7.44. The maximum atomic E-state index is 14.1. The summed E-state index contributed by atoms with van der Waals surface area (Å²) in [5.74, 6) is -7.47. The zero-order chi connectivity index (χ0) is 18.4. The van der Waals surface area contributed by atoms with Crippen LogP contribution in [-0.2, 0) is 9.53 Å². The molecule has 0 aliphatic rings. The molecule has 0 N–H and O–H groups in total. The highest BCUT2D eigenvalue weighted by Crippen LogP contribution is 2.30. The van der Waals surface area contributed by atoms with E-state index in [-0.39, 0.29) is 25.5 Å². The van der Waals surface area contributed by atoms with Crippen LogP contribution in [0, 0.1) is 29.4 Å². The molecule has 0 radical (unpaired) electrons. The molecule has 24 heavy (non-hydrogen) atoms. The standard InChI is InChI=1S/C16H22F4N2O2/c1-5-7-22(10(8-9(3)4)16(23)24-6-2)13-11(17)14(19)21-15(20)12(13)18/h9-10H,5-8H2,1-4H3. The third-order valence-electron chi connectivity index (χ3n) is 3.36. The number of hydrogen-bond acceptors (Lipinski definition) is 4. The number of esters is 1. The van der Waals surface area contributed by atoms with Crippen molar-refractivity contribution in [2.75, 3.05) is 18.1 Å². The van der Waals surface area contributed by atoms with Gasteiger partial charge in [-0.25, -0.2) is 4.79 Å². The van der Waals surface area contributed by atoms with Gasteiger partial charge in [0.15, 0.2) is 0 Å². The molecule has 0 saturated carbocycles. The van der Waals surface area contributed by atoms with Crippen LogP contribution in [0.25, 0.3) is 0 Å². The molecule has 0 spiro atoms. The average Bonchev–Trinajstić information content (AvgIpc) is 2.50. The van der Waals surface area contributed by atoms with E-state index in [2.05, 4.69) is 4.98 Å². The summed E-state index contributed by atoms with van der Waals surface area (Å²) in [7, 11) is 0. The van der Waals surface area contributed by atoms with Crippen LogP contribution < -0.4 is 4.90 Å². The summed E-state index contributed by atoms with van der Waals surface area (Å²) in [4.78, 5) is 15.8. The highest BCUT2D eigenvalue weighted by molar-refractivity contribution is 5.80. The van der Waals surface area contributed by atoms with Crippen molar-refractivity contribution < 1.29 is 27.1 Å². The number of anilines is 1. The molecule has 1 aromatic rings. The van der Waals surface area contributed by atoms with Crippen LogP contribution in [0.5, 0.6) is 0 Å².